The van der Waals surface area contributed by atoms with Gasteiger partial charge in [-0.1, -0.05) is 60.7 Å². The molecular formula is C29H32N2O3. The smallest absolute Gasteiger partial charge is 0.247 e. The van der Waals surface area contributed by atoms with Crippen molar-refractivity contribution in [2.45, 2.75) is 31.3 Å². The molecule has 0 radical (unpaired) electrons. The van der Waals surface area contributed by atoms with Gasteiger partial charge in [0.1, 0.15) is 18.5 Å². The van der Waals surface area contributed by atoms with Gasteiger partial charge in [-0.2, -0.15) is 0 Å². The van der Waals surface area contributed by atoms with Crippen LogP contribution in [0.3, 0.4) is 0 Å². The SMILES string of the molecule is O=C1NCCC1=Cc1ccccc1OCC(O)CN1CCC(c2ccc3ccccc3c2)CC1. The van der Waals surface area contributed by atoms with Crippen LogP contribution in [-0.4, -0.2) is 54.8 Å². The van der Waals surface area contributed by atoms with Crippen LogP contribution >= 0.6 is 0 Å². The molecule has 0 saturated carbocycles. The number of nitrogens with one attached hydrogen (secondary N) is 1. The molecule has 1 amide bonds. The minimum Gasteiger partial charge on any atom is -0.490 e. The van der Waals surface area contributed by atoms with Crippen molar-refractivity contribution in [1.82, 2.24) is 10.2 Å². The summed E-state index contributed by atoms with van der Waals surface area (Å²) in [5, 5.41) is 16.1. The van der Waals surface area contributed by atoms with Gasteiger partial charge in [0.2, 0.25) is 5.91 Å². The Kier molecular flexibility index (Phi) is 6.93. The average Bonchev–Trinajstić information content (AvgIpc) is 3.28. The van der Waals surface area contributed by atoms with Crippen LogP contribution in [0, 0.1) is 0 Å². The molecule has 2 aliphatic heterocycles. The third kappa shape index (κ3) is 5.32. The molecule has 34 heavy (non-hydrogen) atoms. The number of benzene rings is 3. The third-order valence-corrected chi connectivity index (χ3v) is 6.95. The number of para-hydroxylation sites is 1. The predicted molar refractivity (Wildman–Crippen MR) is 136 cm³/mol. The highest BCUT2D eigenvalue weighted by Gasteiger charge is 2.23. The van der Waals surface area contributed by atoms with Gasteiger partial charge in [0.25, 0.3) is 0 Å². The van der Waals surface area contributed by atoms with Gasteiger partial charge in [-0.15, -0.1) is 0 Å². The highest BCUT2D eigenvalue weighted by Crippen LogP contribution is 2.30. The van der Waals surface area contributed by atoms with E-state index >= 15 is 0 Å². The molecule has 5 nitrogen and oxygen atoms in total. The van der Waals surface area contributed by atoms with Crippen LogP contribution in [0.5, 0.6) is 5.75 Å². The zero-order valence-electron chi connectivity index (χ0n) is 19.5. The van der Waals surface area contributed by atoms with Gasteiger partial charge in [-0.3, -0.25) is 4.79 Å². The van der Waals surface area contributed by atoms with Gasteiger partial charge in [0.05, 0.1) is 0 Å². The fourth-order valence-corrected chi connectivity index (χ4v) is 5.04. The van der Waals surface area contributed by atoms with Crippen LogP contribution < -0.4 is 10.1 Å². The van der Waals surface area contributed by atoms with Crippen LogP contribution in [0.4, 0.5) is 0 Å². The second-order valence-electron chi connectivity index (χ2n) is 9.36. The number of aliphatic hydroxyl groups excluding tert-OH is 1. The lowest BCUT2D eigenvalue weighted by Gasteiger charge is -2.33. The molecule has 2 heterocycles. The first kappa shape index (κ1) is 22.6. The molecule has 2 saturated heterocycles. The summed E-state index contributed by atoms with van der Waals surface area (Å²) < 4.78 is 5.96. The fourth-order valence-electron chi connectivity index (χ4n) is 5.04. The molecule has 3 aromatic rings. The van der Waals surface area contributed by atoms with E-state index in [1.807, 2.05) is 30.3 Å². The summed E-state index contributed by atoms with van der Waals surface area (Å²) in [7, 11) is 0. The van der Waals surface area contributed by atoms with E-state index in [9.17, 15) is 9.90 Å². The summed E-state index contributed by atoms with van der Waals surface area (Å²) >= 11 is 0. The maximum atomic E-state index is 11.9. The topological polar surface area (TPSA) is 61.8 Å². The van der Waals surface area contributed by atoms with Gasteiger partial charge >= 0.3 is 0 Å². The largest absolute Gasteiger partial charge is 0.490 e. The van der Waals surface area contributed by atoms with E-state index in [1.54, 1.807) is 0 Å². The summed E-state index contributed by atoms with van der Waals surface area (Å²) in [5.74, 6) is 1.26. The number of β-amino-alcohol motifs (C(OH)–C–C–N with tert-alkyl or cyclic N) is 1. The molecule has 0 aromatic heterocycles. The van der Waals surface area contributed by atoms with E-state index in [0.29, 0.717) is 24.8 Å². The van der Waals surface area contributed by atoms with Gasteiger partial charge in [0, 0.05) is 24.2 Å². The number of amides is 1. The van der Waals surface area contributed by atoms with Crippen molar-refractivity contribution in [3.05, 3.63) is 83.4 Å². The lowest BCUT2D eigenvalue weighted by Crippen LogP contribution is -2.40. The number of piperidine rings is 1. The van der Waals surface area contributed by atoms with Crippen LogP contribution in [0.15, 0.2) is 72.3 Å². The van der Waals surface area contributed by atoms with Gasteiger partial charge in [-0.05, 0) is 66.7 Å². The zero-order chi connectivity index (χ0) is 23.3. The normalized spacial score (nSPS) is 19.4. The molecule has 2 N–H and O–H groups in total. The van der Waals surface area contributed by atoms with Crippen LogP contribution in [0.1, 0.15) is 36.3 Å². The summed E-state index contributed by atoms with van der Waals surface area (Å²) in [5.41, 5.74) is 3.06. The number of fused-ring (bicyclic) bond motifs is 1. The molecular weight excluding hydrogens is 424 g/mol. The predicted octanol–water partition coefficient (Wildman–Crippen LogP) is 4.36. The maximum absolute atomic E-state index is 11.9. The number of ether oxygens (including phenoxy) is 1. The molecule has 5 heteroatoms. The first-order valence-electron chi connectivity index (χ1n) is 12.3. The van der Waals surface area contributed by atoms with E-state index in [-0.39, 0.29) is 12.5 Å². The Morgan fingerprint density at radius 1 is 1.03 bits per heavy atom. The monoisotopic (exact) mass is 456 g/mol. The molecule has 0 spiro atoms. The molecule has 1 unspecified atom stereocenters. The maximum Gasteiger partial charge on any atom is 0.247 e. The standard InChI is InChI=1S/C29H32N2O3/c32-27(20-34-28-8-4-3-7-25(28)18-26-11-14-30-29(26)33)19-31-15-12-22(13-16-31)24-10-9-21-5-1-2-6-23(21)17-24/h1-10,17-18,22,27,32H,11-16,19-20H2,(H,30,33). The van der Waals surface area contributed by atoms with Gasteiger partial charge in [0.15, 0.2) is 0 Å². The summed E-state index contributed by atoms with van der Waals surface area (Å²) in [6.07, 6.45) is 4.26. The van der Waals surface area contributed by atoms with E-state index in [4.69, 9.17) is 4.74 Å². The number of rotatable bonds is 7. The first-order chi connectivity index (χ1) is 16.7. The van der Waals surface area contributed by atoms with Crippen molar-refractivity contribution in [1.29, 1.82) is 0 Å². The number of hydrogen-bond donors (Lipinski definition) is 2. The number of carbonyl (C=O) groups is 1. The Balaban J connectivity index is 1.12. The number of likely N-dealkylation sites (tertiary alicyclic amines) is 1. The lowest BCUT2D eigenvalue weighted by atomic mass is 9.88. The van der Waals surface area contributed by atoms with Crippen molar-refractivity contribution < 1.29 is 14.6 Å². The Morgan fingerprint density at radius 2 is 1.79 bits per heavy atom. The molecule has 5 rings (SSSR count). The number of nitrogens with zero attached hydrogens (tertiary/aromatic N) is 1. The number of carbonyl (C=O) groups excluding carboxylic acids is 1. The van der Waals surface area contributed by atoms with Crippen molar-refractivity contribution in [2.24, 2.45) is 0 Å². The molecule has 1 atom stereocenters. The van der Waals surface area contributed by atoms with Crippen molar-refractivity contribution >= 4 is 22.8 Å². The van der Waals surface area contributed by atoms with Crippen LogP contribution in [0.2, 0.25) is 0 Å². The van der Waals surface area contributed by atoms with E-state index in [1.165, 1.54) is 16.3 Å². The number of hydrogen-bond acceptors (Lipinski definition) is 4. The molecule has 2 aliphatic rings. The van der Waals surface area contributed by atoms with Crippen LogP contribution in [0.25, 0.3) is 16.8 Å². The zero-order valence-corrected chi connectivity index (χ0v) is 19.5. The second kappa shape index (κ2) is 10.4. The number of aliphatic hydroxyl groups is 1. The lowest BCUT2D eigenvalue weighted by molar-refractivity contribution is -0.116. The average molecular weight is 457 g/mol. The first-order valence-corrected chi connectivity index (χ1v) is 12.3. The Labute approximate surface area is 201 Å². The van der Waals surface area contributed by atoms with Gasteiger partial charge in [-0.25, -0.2) is 0 Å². The highest BCUT2D eigenvalue weighted by molar-refractivity contribution is 6.00. The van der Waals surface area contributed by atoms with E-state index in [0.717, 1.165) is 43.5 Å². The highest BCUT2D eigenvalue weighted by atomic mass is 16.5. The minimum absolute atomic E-state index is 0.0121. The second-order valence-corrected chi connectivity index (χ2v) is 9.36. The Morgan fingerprint density at radius 3 is 2.59 bits per heavy atom. The Bertz CT molecular complexity index is 1180. The molecule has 0 bridgehead atoms. The van der Waals surface area contributed by atoms with Crippen LogP contribution in [-0.2, 0) is 4.79 Å². The molecule has 2 fully saturated rings. The molecule has 0 aliphatic carbocycles. The van der Waals surface area contributed by atoms with Crippen molar-refractivity contribution in [2.75, 3.05) is 32.8 Å². The third-order valence-electron chi connectivity index (χ3n) is 6.95. The van der Waals surface area contributed by atoms with Crippen molar-refractivity contribution in [3.8, 4) is 5.75 Å². The summed E-state index contributed by atoms with van der Waals surface area (Å²) in [6.45, 7) is 3.48. The summed E-state index contributed by atoms with van der Waals surface area (Å²) in [4.78, 5) is 14.2. The Hall–Kier alpha value is -3.15. The minimum atomic E-state index is -0.562. The van der Waals surface area contributed by atoms with E-state index in [2.05, 4.69) is 52.7 Å². The quantitative estimate of drug-likeness (QED) is 0.519. The molecule has 176 valence electrons. The molecule has 3 aromatic carbocycles. The summed E-state index contributed by atoms with van der Waals surface area (Å²) in [6, 6.07) is 23.0. The van der Waals surface area contributed by atoms with Crippen molar-refractivity contribution in [3.63, 3.8) is 0 Å². The van der Waals surface area contributed by atoms with Gasteiger partial charge < -0.3 is 20.1 Å². The van der Waals surface area contributed by atoms with E-state index < -0.39 is 6.10 Å². The fraction of sp³-hybridized carbons (Fsp3) is 0.345.